The standard InChI is InChI=1S/C33H54N2S/c1-4-10-26(11-5-1)27-19-22-32-31(24-27)34-33(36-32)23-18-25-16-20-30(21-17-25)35(28-12-6-2-7-13-28)29-14-8-3-9-15-29/h18,23,25-32H,1-17,19-22,24H2. The van der Waals surface area contributed by atoms with E-state index in [1.54, 1.807) is 0 Å². The summed E-state index contributed by atoms with van der Waals surface area (Å²) in [6, 6.07) is 3.32. The molecule has 5 aliphatic carbocycles. The van der Waals surface area contributed by atoms with Crippen LogP contribution in [-0.2, 0) is 0 Å². The van der Waals surface area contributed by atoms with Crippen LogP contribution >= 0.6 is 11.8 Å². The maximum atomic E-state index is 5.29. The molecule has 6 rings (SSSR count). The third kappa shape index (κ3) is 6.30. The number of rotatable bonds is 6. The lowest BCUT2D eigenvalue weighted by Crippen LogP contribution is -2.51. The van der Waals surface area contributed by atoms with Gasteiger partial charge in [-0.05, 0) is 94.5 Å². The first-order valence-corrected chi connectivity index (χ1v) is 17.4. The zero-order valence-corrected chi connectivity index (χ0v) is 23.9. The maximum absolute atomic E-state index is 5.29. The first-order chi connectivity index (χ1) is 17.8. The van der Waals surface area contributed by atoms with Crippen molar-refractivity contribution in [3.8, 4) is 0 Å². The normalized spacial score (nSPS) is 37.9. The van der Waals surface area contributed by atoms with Crippen LogP contribution in [0.1, 0.15) is 141 Å². The van der Waals surface area contributed by atoms with Crippen LogP contribution in [0.4, 0.5) is 0 Å². The van der Waals surface area contributed by atoms with Crippen molar-refractivity contribution in [2.24, 2.45) is 22.7 Å². The highest BCUT2D eigenvalue weighted by atomic mass is 32.2. The van der Waals surface area contributed by atoms with Crippen LogP contribution in [0.15, 0.2) is 17.1 Å². The molecule has 5 fully saturated rings. The van der Waals surface area contributed by atoms with Gasteiger partial charge in [-0.1, -0.05) is 76.7 Å². The van der Waals surface area contributed by atoms with E-state index >= 15 is 0 Å². The summed E-state index contributed by atoms with van der Waals surface area (Å²) < 4.78 is 0. The van der Waals surface area contributed by atoms with Crippen LogP contribution < -0.4 is 0 Å². The summed E-state index contributed by atoms with van der Waals surface area (Å²) in [5, 5.41) is 2.17. The van der Waals surface area contributed by atoms with Crippen molar-refractivity contribution < 1.29 is 0 Å². The number of thioether (sulfide) groups is 1. The molecule has 0 spiro atoms. The van der Waals surface area contributed by atoms with E-state index in [2.05, 4.69) is 28.8 Å². The van der Waals surface area contributed by atoms with Gasteiger partial charge < -0.3 is 0 Å². The van der Waals surface area contributed by atoms with Crippen LogP contribution in [0.2, 0.25) is 0 Å². The Hall–Kier alpha value is -0.280. The van der Waals surface area contributed by atoms with E-state index in [1.165, 1.54) is 146 Å². The Labute approximate surface area is 226 Å². The molecule has 0 N–H and O–H groups in total. The van der Waals surface area contributed by atoms with Crippen molar-refractivity contribution in [1.82, 2.24) is 4.90 Å². The van der Waals surface area contributed by atoms with Crippen molar-refractivity contribution in [3.63, 3.8) is 0 Å². The maximum Gasteiger partial charge on any atom is 0.0908 e. The minimum absolute atomic E-state index is 0.630. The topological polar surface area (TPSA) is 15.6 Å². The molecule has 5 saturated carbocycles. The van der Waals surface area contributed by atoms with Gasteiger partial charge in [-0.15, -0.1) is 11.8 Å². The molecule has 3 heteroatoms. The average Bonchev–Trinajstić information content (AvgIpc) is 3.37. The summed E-state index contributed by atoms with van der Waals surface area (Å²) in [7, 11) is 0. The SMILES string of the molecule is C(=CC1CCC(N(C2CCCCC2)C2CCCCC2)CC1)C1=NC2CC(C3CCCCC3)CCC2S1. The highest BCUT2D eigenvalue weighted by molar-refractivity contribution is 8.15. The summed E-state index contributed by atoms with van der Waals surface area (Å²) in [4.78, 5) is 8.42. The van der Waals surface area contributed by atoms with Gasteiger partial charge in [-0.3, -0.25) is 9.89 Å². The molecule has 1 aliphatic heterocycles. The van der Waals surface area contributed by atoms with Crippen LogP contribution in [-0.4, -0.2) is 39.4 Å². The van der Waals surface area contributed by atoms with Crippen LogP contribution in [0, 0.1) is 17.8 Å². The summed E-state index contributed by atoms with van der Waals surface area (Å²) in [5.41, 5.74) is 0. The van der Waals surface area contributed by atoms with Crippen molar-refractivity contribution in [2.45, 2.75) is 171 Å². The molecule has 2 nitrogen and oxygen atoms in total. The number of nitrogens with zero attached hydrogens (tertiary/aromatic N) is 2. The van der Waals surface area contributed by atoms with Crippen molar-refractivity contribution in [1.29, 1.82) is 0 Å². The predicted molar refractivity (Wildman–Crippen MR) is 157 cm³/mol. The lowest BCUT2D eigenvalue weighted by molar-refractivity contribution is 0.0182. The van der Waals surface area contributed by atoms with Crippen LogP contribution in [0.3, 0.4) is 0 Å². The fourth-order valence-electron chi connectivity index (χ4n) is 9.35. The van der Waals surface area contributed by atoms with Gasteiger partial charge in [0.25, 0.3) is 0 Å². The fraction of sp³-hybridized carbons (Fsp3) is 0.909. The molecule has 0 radical (unpaired) electrons. The second kappa shape index (κ2) is 12.7. The molecule has 0 aromatic heterocycles. The Morgan fingerprint density at radius 2 is 1.17 bits per heavy atom. The molecule has 1 heterocycles. The Morgan fingerprint density at radius 3 is 1.81 bits per heavy atom. The zero-order chi connectivity index (χ0) is 24.2. The number of fused-ring (bicyclic) bond motifs is 1. The Balaban J connectivity index is 1.01. The highest BCUT2D eigenvalue weighted by Gasteiger charge is 2.39. The molecule has 6 aliphatic rings. The first kappa shape index (κ1) is 26.0. The first-order valence-electron chi connectivity index (χ1n) is 16.5. The summed E-state index contributed by atoms with van der Waals surface area (Å²) >= 11 is 2.13. The van der Waals surface area contributed by atoms with Gasteiger partial charge in [0.1, 0.15) is 0 Å². The third-order valence-electron chi connectivity index (χ3n) is 11.3. The molecule has 0 aromatic carbocycles. The smallest absolute Gasteiger partial charge is 0.0908 e. The van der Waals surface area contributed by atoms with E-state index < -0.39 is 0 Å². The summed E-state index contributed by atoms with van der Waals surface area (Å²) in [6.45, 7) is 0. The predicted octanol–water partition coefficient (Wildman–Crippen LogP) is 9.33. The van der Waals surface area contributed by atoms with Gasteiger partial charge in [0.15, 0.2) is 0 Å². The lowest BCUT2D eigenvalue weighted by Gasteiger charge is -2.48. The van der Waals surface area contributed by atoms with Gasteiger partial charge in [0.2, 0.25) is 0 Å². The van der Waals surface area contributed by atoms with E-state index in [1.807, 2.05) is 0 Å². The summed E-state index contributed by atoms with van der Waals surface area (Å²) in [5.74, 6) is 2.80. The molecule has 0 bridgehead atoms. The monoisotopic (exact) mass is 510 g/mol. The summed E-state index contributed by atoms with van der Waals surface area (Å²) in [6.07, 6.45) is 37.3. The molecule has 3 atom stereocenters. The minimum atomic E-state index is 0.630. The van der Waals surface area contributed by atoms with Gasteiger partial charge in [0, 0.05) is 23.4 Å². The second-order valence-electron chi connectivity index (χ2n) is 13.6. The van der Waals surface area contributed by atoms with Gasteiger partial charge in [0.05, 0.1) is 11.1 Å². The zero-order valence-electron chi connectivity index (χ0n) is 23.1. The highest BCUT2D eigenvalue weighted by Crippen LogP contribution is 2.45. The van der Waals surface area contributed by atoms with Gasteiger partial charge in [-0.2, -0.15) is 0 Å². The van der Waals surface area contributed by atoms with Crippen LogP contribution in [0.5, 0.6) is 0 Å². The Bertz CT molecular complexity index is 717. The molecule has 36 heavy (non-hydrogen) atoms. The van der Waals surface area contributed by atoms with E-state index in [4.69, 9.17) is 4.99 Å². The van der Waals surface area contributed by atoms with E-state index in [0.29, 0.717) is 6.04 Å². The molecule has 3 unspecified atom stereocenters. The molecular formula is C33H54N2S. The average molecular weight is 511 g/mol. The largest absolute Gasteiger partial charge is 0.294 e. The second-order valence-corrected chi connectivity index (χ2v) is 14.9. The van der Waals surface area contributed by atoms with Gasteiger partial charge in [-0.25, -0.2) is 0 Å². The van der Waals surface area contributed by atoms with E-state index in [-0.39, 0.29) is 0 Å². The van der Waals surface area contributed by atoms with E-state index in [0.717, 1.165) is 41.1 Å². The lowest BCUT2D eigenvalue weighted by atomic mass is 9.72. The van der Waals surface area contributed by atoms with Crippen LogP contribution in [0.25, 0.3) is 0 Å². The number of aliphatic imine (C=N–C) groups is 1. The van der Waals surface area contributed by atoms with Crippen molar-refractivity contribution in [2.75, 3.05) is 0 Å². The third-order valence-corrected chi connectivity index (χ3v) is 12.7. The Kier molecular flexibility index (Phi) is 9.17. The van der Waals surface area contributed by atoms with Gasteiger partial charge >= 0.3 is 0 Å². The van der Waals surface area contributed by atoms with Crippen molar-refractivity contribution >= 4 is 16.8 Å². The molecule has 0 aromatic rings. The Morgan fingerprint density at radius 1 is 0.583 bits per heavy atom. The van der Waals surface area contributed by atoms with E-state index in [9.17, 15) is 0 Å². The van der Waals surface area contributed by atoms with Crippen molar-refractivity contribution in [3.05, 3.63) is 12.2 Å². The quantitative estimate of drug-likeness (QED) is 0.354. The number of hydrogen-bond acceptors (Lipinski definition) is 3. The fourth-order valence-corrected chi connectivity index (χ4v) is 10.6. The minimum Gasteiger partial charge on any atom is -0.294 e. The number of hydrogen-bond donors (Lipinski definition) is 0. The molecule has 0 amide bonds. The molecule has 0 saturated heterocycles. The molecular weight excluding hydrogens is 456 g/mol. The molecule has 202 valence electrons. The number of allylic oxidation sites excluding steroid dienone is 1.